The van der Waals surface area contributed by atoms with E-state index in [0.29, 0.717) is 6.42 Å². The molecule has 0 aromatic carbocycles. The van der Waals surface area contributed by atoms with E-state index in [1.165, 1.54) is 70.6 Å². The zero-order valence-corrected chi connectivity index (χ0v) is 18.2. The first kappa shape index (κ1) is 27.1. The zero-order valence-electron chi connectivity index (χ0n) is 15.4. The summed E-state index contributed by atoms with van der Waals surface area (Å²) >= 11 is -4.31. The van der Waals surface area contributed by atoms with Crippen molar-refractivity contribution in [2.24, 2.45) is 0 Å². The Bertz CT molecular complexity index is 415. The topological polar surface area (TPSA) is 71.4 Å². The summed E-state index contributed by atoms with van der Waals surface area (Å²) in [6.45, 7) is 2.26. The maximum atomic E-state index is 10.3. The molecule has 150 valence electrons. The molecule has 0 amide bonds. The molecule has 0 aromatic heterocycles. The minimum absolute atomic E-state index is 0.332. The number of carbonyl (C=O) groups is 1. The Hall–Kier alpha value is -0.0775. The number of rotatable bonds is 15. The van der Waals surface area contributed by atoms with Crippen LogP contribution in [0.2, 0.25) is 0 Å². The monoisotopic (exact) mass is 436 g/mol. The van der Waals surface area contributed by atoms with Crippen molar-refractivity contribution in [1.82, 2.24) is 0 Å². The van der Waals surface area contributed by atoms with Crippen LogP contribution in [0.3, 0.4) is 0 Å². The van der Waals surface area contributed by atoms with Gasteiger partial charge in [0.2, 0.25) is 0 Å². The van der Waals surface area contributed by atoms with Gasteiger partial charge in [0.25, 0.3) is 0 Å². The van der Waals surface area contributed by atoms with Gasteiger partial charge >= 0.3 is 44.8 Å². The summed E-state index contributed by atoms with van der Waals surface area (Å²) in [5, 5.41) is 8.51. The number of hydrogen-bond donors (Lipinski definition) is 1. The number of unbranched alkanes of at least 4 members (excludes halogenated alkanes) is 11. The molecule has 1 N–H and O–H groups in total. The Morgan fingerprint density at radius 2 is 1.16 bits per heavy atom. The fourth-order valence-electron chi connectivity index (χ4n) is 2.35. The predicted molar refractivity (Wildman–Crippen MR) is 100 cm³/mol. The molecule has 0 fully saturated rings. The van der Waals surface area contributed by atoms with Gasteiger partial charge in [-0.25, -0.2) is 0 Å². The van der Waals surface area contributed by atoms with Gasteiger partial charge in [0.05, 0.1) is 0 Å². The van der Waals surface area contributed by atoms with Gasteiger partial charge in [-0.05, 0) is 32.1 Å². The molecule has 25 heavy (non-hydrogen) atoms. The normalized spacial score (nSPS) is 11.3. The first-order valence-corrected chi connectivity index (χ1v) is 13.8. The quantitative estimate of drug-likeness (QED) is 0.216. The van der Waals surface area contributed by atoms with Gasteiger partial charge in [-0.1, -0.05) is 70.4 Å². The van der Waals surface area contributed by atoms with Crippen LogP contribution < -0.4 is 0 Å². The molecule has 0 unspecified atom stereocenters. The summed E-state index contributed by atoms with van der Waals surface area (Å²) in [6, 6.07) is 0. The van der Waals surface area contributed by atoms with Crippen LogP contribution in [0.25, 0.3) is 0 Å². The van der Waals surface area contributed by atoms with Crippen LogP contribution >= 0.6 is 20.1 Å². The average Bonchev–Trinajstić information content (AvgIpc) is 2.49. The zero-order chi connectivity index (χ0) is 19.4. The van der Waals surface area contributed by atoms with Crippen molar-refractivity contribution in [3.63, 3.8) is 0 Å². The van der Waals surface area contributed by atoms with Crippen molar-refractivity contribution in [3.8, 4) is 0 Å². The Labute approximate surface area is 163 Å². The number of aliphatic carboxylic acids is 1. The Kier molecular flexibility index (Phi) is 22.0. The molecule has 0 aliphatic heterocycles. The van der Waals surface area contributed by atoms with Gasteiger partial charge < -0.3 is 5.11 Å². The molecule has 0 spiro atoms. The molecule has 4 nitrogen and oxygen atoms in total. The van der Waals surface area contributed by atoms with Gasteiger partial charge in [0, 0.05) is 6.42 Å². The molecule has 0 atom stereocenters. The van der Waals surface area contributed by atoms with E-state index >= 15 is 0 Å². The summed E-state index contributed by atoms with van der Waals surface area (Å²) in [5.74, 6) is -0.664. The number of carboxylic acids is 1. The Morgan fingerprint density at radius 3 is 1.56 bits per heavy atom. The van der Waals surface area contributed by atoms with Gasteiger partial charge in [-0.2, -0.15) is 0 Å². The number of hydrogen-bond acceptors (Lipinski definition) is 3. The van der Waals surface area contributed by atoms with Crippen molar-refractivity contribution in [1.29, 1.82) is 0 Å². The molecule has 0 bridgehead atoms. The van der Waals surface area contributed by atoms with Crippen LogP contribution in [-0.2, 0) is 23.5 Å². The van der Waals surface area contributed by atoms with E-state index in [1.54, 1.807) is 0 Å². The van der Waals surface area contributed by atoms with Crippen molar-refractivity contribution in [2.45, 2.75) is 96.8 Å². The molecule has 0 saturated heterocycles. The first-order valence-electron chi connectivity index (χ1n) is 9.28. The van der Waals surface area contributed by atoms with E-state index in [-0.39, 0.29) is 0 Å². The number of allylic oxidation sites excluding steroid dienone is 2. The molecule has 0 rings (SSSR count). The van der Waals surface area contributed by atoms with Gasteiger partial charge in [-0.15, -0.1) is 0 Å². The second-order valence-corrected chi connectivity index (χ2v) is 11.3. The van der Waals surface area contributed by atoms with E-state index in [2.05, 4.69) is 39.2 Å². The second kappa shape index (κ2) is 20.2. The second-order valence-electron chi connectivity index (χ2n) is 6.11. The fourth-order valence-corrected chi connectivity index (χ4v) is 2.35. The summed E-state index contributed by atoms with van der Waals surface area (Å²) < 4.78 is 18.5. The van der Waals surface area contributed by atoms with Crippen LogP contribution in [0.1, 0.15) is 96.8 Å². The van der Waals surface area contributed by atoms with Crippen LogP contribution in [0, 0.1) is 0 Å². The van der Waals surface area contributed by atoms with Crippen LogP contribution in [0.5, 0.6) is 0 Å². The van der Waals surface area contributed by atoms with Crippen molar-refractivity contribution < 1.29 is 28.6 Å². The van der Waals surface area contributed by atoms with E-state index in [9.17, 15) is 12.4 Å². The first-order chi connectivity index (χ1) is 11.8. The summed E-state index contributed by atoms with van der Waals surface area (Å²) in [5.41, 5.74) is 0. The molecule has 0 aliphatic rings. The molecule has 0 saturated carbocycles. The summed E-state index contributed by atoms with van der Waals surface area (Å²) in [4.78, 5) is 10.3. The maximum absolute atomic E-state index is 10.3. The van der Waals surface area contributed by atoms with Crippen LogP contribution in [0.4, 0.5) is 0 Å². The van der Waals surface area contributed by atoms with Crippen molar-refractivity contribution >= 4 is 26.1 Å². The van der Waals surface area contributed by atoms with Crippen molar-refractivity contribution in [3.05, 3.63) is 12.2 Å². The predicted octanol–water partition coefficient (Wildman–Crippen LogP) is 7.25. The van der Waals surface area contributed by atoms with Gasteiger partial charge in [0.15, 0.2) is 0 Å². The van der Waals surface area contributed by atoms with Gasteiger partial charge in [0.1, 0.15) is 0 Å². The van der Waals surface area contributed by atoms with E-state index in [1.807, 2.05) is 0 Å². The molecule has 0 heterocycles. The third-order valence-corrected chi connectivity index (χ3v) is 3.65. The van der Waals surface area contributed by atoms with Crippen LogP contribution in [0.15, 0.2) is 12.2 Å². The molecule has 0 aromatic rings. The van der Waals surface area contributed by atoms with Crippen molar-refractivity contribution in [2.75, 3.05) is 0 Å². The SMILES string of the molecule is CCCCCCCC/C=C\CCCCCCCC(=O)O.[O]=[Cr](=[O])([Cl])[Cl]. The fraction of sp³-hybridized carbons (Fsp3) is 0.833. The molecule has 0 radical (unpaired) electrons. The molecule has 0 aliphatic carbocycles. The van der Waals surface area contributed by atoms with E-state index in [4.69, 9.17) is 5.11 Å². The van der Waals surface area contributed by atoms with E-state index < -0.39 is 17.1 Å². The number of halogens is 2. The molecule has 7 heteroatoms. The number of carboxylic acid groups (broad SMARTS) is 1. The average molecular weight is 437 g/mol. The third kappa shape index (κ3) is 40.1. The van der Waals surface area contributed by atoms with Crippen LogP contribution in [-0.4, -0.2) is 11.1 Å². The molecular weight excluding hydrogens is 403 g/mol. The van der Waals surface area contributed by atoms with E-state index in [0.717, 1.165) is 12.8 Å². The Morgan fingerprint density at radius 1 is 0.800 bits per heavy atom. The standard InChI is InChI=1S/C18H34O2.2ClH.Cr.2O/c1-2-3-4-5-6-7-8-9-10-11-12-13-14-15-16-17-18(19)20;;;;;/h9-10H,2-8,11-17H2,1H3,(H,19,20);2*1H;;;/q;;;+2;;/p-2/b10-9-;;;;;. The third-order valence-electron chi connectivity index (χ3n) is 3.65. The minimum atomic E-state index is -4.31. The summed E-state index contributed by atoms with van der Waals surface area (Å²) in [7, 11) is 8.68. The summed E-state index contributed by atoms with van der Waals surface area (Å²) in [6.07, 6.45) is 21.2. The molecular formula is C18H34Cl2CrO4. The Balaban J connectivity index is 0. The van der Waals surface area contributed by atoms with Gasteiger partial charge in [-0.3, -0.25) is 4.79 Å².